The standard InChI is InChI=1S/C9H16O4/c10-9-3-1-2-4-11-5-6-12-7-8-13-9/h1-8H2. The van der Waals surface area contributed by atoms with Crippen LogP contribution in [0.1, 0.15) is 19.3 Å². The molecule has 4 heteroatoms. The highest BCUT2D eigenvalue weighted by molar-refractivity contribution is 5.69. The first-order valence-corrected chi connectivity index (χ1v) is 4.71. The van der Waals surface area contributed by atoms with E-state index in [4.69, 9.17) is 14.2 Å². The Hall–Kier alpha value is -0.610. The van der Waals surface area contributed by atoms with Crippen LogP contribution in [0.3, 0.4) is 0 Å². The highest BCUT2D eigenvalue weighted by Crippen LogP contribution is 1.99. The van der Waals surface area contributed by atoms with E-state index in [-0.39, 0.29) is 5.97 Å². The average molecular weight is 188 g/mol. The maximum atomic E-state index is 11.0. The van der Waals surface area contributed by atoms with Gasteiger partial charge < -0.3 is 14.2 Å². The number of carbonyl (C=O) groups excluding carboxylic acids is 1. The maximum absolute atomic E-state index is 11.0. The summed E-state index contributed by atoms with van der Waals surface area (Å²) in [5, 5.41) is 0. The van der Waals surface area contributed by atoms with Gasteiger partial charge in [-0.2, -0.15) is 0 Å². The molecule has 0 atom stereocenters. The van der Waals surface area contributed by atoms with Crippen LogP contribution in [-0.2, 0) is 19.0 Å². The van der Waals surface area contributed by atoms with Crippen molar-refractivity contribution in [3.05, 3.63) is 0 Å². The summed E-state index contributed by atoms with van der Waals surface area (Å²) in [6, 6.07) is 0. The average Bonchev–Trinajstić information content (AvgIpc) is 2.11. The third-order valence-corrected chi connectivity index (χ3v) is 1.78. The molecule has 0 N–H and O–H groups in total. The fourth-order valence-electron chi connectivity index (χ4n) is 1.08. The molecule has 0 aromatic heterocycles. The van der Waals surface area contributed by atoms with Crippen molar-refractivity contribution in [2.24, 2.45) is 0 Å². The summed E-state index contributed by atoms with van der Waals surface area (Å²) in [5.74, 6) is -0.135. The van der Waals surface area contributed by atoms with E-state index in [2.05, 4.69) is 0 Å². The van der Waals surface area contributed by atoms with Gasteiger partial charge in [-0.05, 0) is 12.8 Å². The Morgan fingerprint density at radius 2 is 1.54 bits per heavy atom. The predicted molar refractivity (Wildman–Crippen MR) is 46.4 cm³/mol. The lowest BCUT2D eigenvalue weighted by Crippen LogP contribution is -2.14. The molecule has 76 valence electrons. The summed E-state index contributed by atoms with van der Waals surface area (Å²) in [6.07, 6.45) is 2.25. The molecule has 4 nitrogen and oxygen atoms in total. The van der Waals surface area contributed by atoms with E-state index >= 15 is 0 Å². The Morgan fingerprint density at radius 3 is 2.38 bits per heavy atom. The van der Waals surface area contributed by atoms with Gasteiger partial charge in [0.15, 0.2) is 0 Å². The number of cyclic esters (lactones) is 1. The molecular formula is C9H16O4. The first-order valence-electron chi connectivity index (χ1n) is 4.71. The topological polar surface area (TPSA) is 44.8 Å². The molecule has 0 saturated carbocycles. The third kappa shape index (κ3) is 5.60. The lowest BCUT2D eigenvalue weighted by atomic mass is 10.2. The highest BCUT2D eigenvalue weighted by atomic mass is 16.6. The summed E-state index contributed by atoms with van der Waals surface area (Å²) in [5.41, 5.74) is 0. The normalized spacial score (nSPS) is 22.6. The van der Waals surface area contributed by atoms with Crippen LogP contribution >= 0.6 is 0 Å². The van der Waals surface area contributed by atoms with Gasteiger partial charge in [0, 0.05) is 13.0 Å². The fourth-order valence-corrected chi connectivity index (χ4v) is 1.08. The van der Waals surface area contributed by atoms with E-state index in [0.29, 0.717) is 39.5 Å². The zero-order chi connectivity index (χ0) is 9.36. The van der Waals surface area contributed by atoms with E-state index < -0.39 is 0 Å². The molecule has 0 aromatic rings. The van der Waals surface area contributed by atoms with Crippen molar-refractivity contribution in [2.75, 3.05) is 33.0 Å². The highest BCUT2D eigenvalue weighted by Gasteiger charge is 2.03. The van der Waals surface area contributed by atoms with Gasteiger partial charge in [0.1, 0.15) is 6.61 Å². The molecule has 0 aromatic carbocycles. The van der Waals surface area contributed by atoms with Crippen molar-refractivity contribution in [1.29, 1.82) is 0 Å². The Kier molecular flexibility index (Phi) is 5.52. The monoisotopic (exact) mass is 188 g/mol. The molecule has 1 rings (SSSR count). The number of hydrogen-bond acceptors (Lipinski definition) is 4. The molecule has 1 saturated heterocycles. The van der Waals surface area contributed by atoms with Crippen molar-refractivity contribution in [1.82, 2.24) is 0 Å². The van der Waals surface area contributed by atoms with E-state index in [0.717, 1.165) is 12.8 Å². The van der Waals surface area contributed by atoms with Gasteiger partial charge in [0.2, 0.25) is 0 Å². The van der Waals surface area contributed by atoms with Crippen LogP contribution in [0.15, 0.2) is 0 Å². The van der Waals surface area contributed by atoms with Crippen molar-refractivity contribution in [3.8, 4) is 0 Å². The van der Waals surface area contributed by atoms with Crippen LogP contribution in [0.5, 0.6) is 0 Å². The molecule has 0 spiro atoms. The Morgan fingerprint density at radius 1 is 0.846 bits per heavy atom. The molecule has 0 radical (unpaired) electrons. The fraction of sp³-hybridized carbons (Fsp3) is 0.889. The van der Waals surface area contributed by atoms with Gasteiger partial charge in [-0.25, -0.2) is 0 Å². The largest absolute Gasteiger partial charge is 0.463 e. The molecule has 1 aliphatic rings. The summed E-state index contributed by atoms with van der Waals surface area (Å²) in [7, 11) is 0. The van der Waals surface area contributed by atoms with Crippen LogP contribution in [0.4, 0.5) is 0 Å². The van der Waals surface area contributed by atoms with E-state index in [9.17, 15) is 4.79 Å². The van der Waals surface area contributed by atoms with Gasteiger partial charge in [0.05, 0.1) is 19.8 Å². The number of ether oxygens (including phenoxy) is 3. The molecule has 1 aliphatic heterocycles. The van der Waals surface area contributed by atoms with Gasteiger partial charge in [0.25, 0.3) is 0 Å². The number of carbonyl (C=O) groups is 1. The van der Waals surface area contributed by atoms with Crippen LogP contribution in [0, 0.1) is 0 Å². The van der Waals surface area contributed by atoms with Crippen LogP contribution in [-0.4, -0.2) is 39.0 Å². The SMILES string of the molecule is O=C1CCCCOCCOCCO1. The first-order chi connectivity index (χ1) is 6.39. The van der Waals surface area contributed by atoms with Crippen LogP contribution in [0.25, 0.3) is 0 Å². The molecule has 13 heavy (non-hydrogen) atoms. The third-order valence-electron chi connectivity index (χ3n) is 1.78. The second-order valence-electron chi connectivity index (χ2n) is 2.90. The number of esters is 1. The van der Waals surface area contributed by atoms with E-state index in [1.165, 1.54) is 0 Å². The van der Waals surface area contributed by atoms with Crippen molar-refractivity contribution >= 4 is 5.97 Å². The van der Waals surface area contributed by atoms with E-state index in [1.54, 1.807) is 0 Å². The second kappa shape index (κ2) is 6.86. The Labute approximate surface area is 78.2 Å². The van der Waals surface area contributed by atoms with Crippen LogP contribution in [0.2, 0.25) is 0 Å². The van der Waals surface area contributed by atoms with Crippen molar-refractivity contribution < 1.29 is 19.0 Å². The lowest BCUT2D eigenvalue weighted by molar-refractivity contribution is -0.145. The van der Waals surface area contributed by atoms with Gasteiger partial charge in [-0.15, -0.1) is 0 Å². The van der Waals surface area contributed by atoms with Crippen molar-refractivity contribution in [2.45, 2.75) is 19.3 Å². The second-order valence-corrected chi connectivity index (χ2v) is 2.90. The predicted octanol–water partition coefficient (Wildman–Crippen LogP) is 0.747. The first kappa shape index (κ1) is 10.5. The summed E-state index contributed by atoms with van der Waals surface area (Å²) < 4.78 is 15.3. The minimum atomic E-state index is -0.135. The van der Waals surface area contributed by atoms with Crippen LogP contribution < -0.4 is 0 Å². The maximum Gasteiger partial charge on any atom is 0.305 e. The molecular weight excluding hydrogens is 172 g/mol. The zero-order valence-corrected chi connectivity index (χ0v) is 7.79. The Balaban J connectivity index is 2.14. The molecule has 0 bridgehead atoms. The van der Waals surface area contributed by atoms with Gasteiger partial charge in [-0.1, -0.05) is 0 Å². The Bertz CT molecular complexity index is 133. The molecule has 0 amide bonds. The quantitative estimate of drug-likeness (QED) is 0.526. The number of hydrogen-bond donors (Lipinski definition) is 0. The summed E-state index contributed by atoms with van der Waals surface area (Å²) in [6.45, 7) is 2.75. The summed E-state index contributed by atoms with van der Waals surface area (Å²) in [4.78, 5) is 11.0. The van der Waals surface area contributed by atoms with Gasteiger partial charge in [-0.3, -0.25) is 4.79 Å². The minimum absolute atomic E-state index is 0.135. The smallest absolute Gasteiger partial charge is 0.305 e. The summed E-state index contributed by atoms with van der Waals surface area (Å²) >= 11 is 0. The van der Waals surface area contributed by atoms with E-state index in [1.807, 2.05) is 0 Å². The zero-order valence-electron chi connectivity index (χ0n) is 7.79. The van der Waals surface area contributed by atoms with Crippen molar-refractivity contribution in [3.63, 3.8) is 0 Å². The minimum Gasteiger partial charge on any atom is -0.463 e. The lowest BCUT2D eigenvalue weighted by Gasteiger charge is -2.09. The van der Waals surface area contributed by atoms with Gasteiger partial charge >= 0.3 is 5.97 Å². The molecule has 1 heterocycles. The molecule has 0 unspecified atom stereocenters. The molecule has 1 fully saturated rings. The number of rotatable bonds is 0. The molecule has 0 aliphatic carbocycles.